The van der Waals surface area contributed by atoms with Crippen LogP contribution in [0.1, 0.15) is 10.4 Å². The molecule has 2 aromatic rings. The van der Waals surface area contributed by atoms with E-state index in [9.17, 15) is 14.4 Å². The predicted molar refractivity (Wildman–Crippen MR) is 81.3 cm³/mol. The van der Waals surface area contributed by atoms with E-state index < -0.39 is 17.2 Å². The SMILES string of the molecule is Cn1cc(C(=O)Nc2ccc(Cl)c(Cl)c2)c(=O)n(C)c1=O. The van der Waals surface area contributed by atoms with Crippen molar-refractivity contribution in [2.75, 3.05) is 5.32 Å². The molecular weight excluding hydrogens is 317 g/mol. The van der Waals surface area contributed by atoms with Crippen LogP contribution in [0.25, 0.3) is 0 Å². The molecule has 21 heavy (non-hydrogen) atoms. The molecule has 0 fully saturated rings. The molecule has 1 aromatic heterocycles. The van der Waals surface area contributed by atoms with Gasteiger partial charge in [-0.05, 0) is 18.2 Å². The average molecular weight is 328 g/mol. The second-order valence-electron chi connectivity index (χ2n) is 4.38. The van der Waals surface area contributed by atoms with Crippen molar-refractivity contribution in [2.24, 2.45) is 14.1 Å². The first-order valence-electron chi connectivity index (χ1n) is 5.84. The van der Waals surface area contributed by atoms with Gasteiger partial charge in [0, 0.05) is 26.0 Å². The highest BCUT2D eigenvalue weighted by Gasteiger charge is 2.15. The maximum Gasteiger partial charge on any atom is 0.330 e. The maximum absolute atomic E-state index is 12.1. The molecule has 1 amide bonds. The van der Waals surface area contributed by atoms with Gasteiger partial charge in [0.1, 0.15) is 5.56 Å². The summed E-state index contributed by atoms with van der Waals surface area (Å²) in [5.74, 6) is -0.635. The summed E-state index contributed by atoms with van der Waals surface area (Å²) in [6.07, 6.45) is 1.19. The molecule has 1 N–H and O–H groups in total. The lowest BCUT2D eigenvalue weighted by atomic mass is 10.2. The molecule has 2 rings (SSSR count). The van der Waals surface area contributed by atoms with E-state index in [1.165, 1.54) is 32.4 Å². The first kappa shape index (κ1) is 15.3. The van der Waals surface area contributed by atoms with E-state index in [1.54, 1.807) is 6.07 Å². The number of nitrogens with one attached hydrogen (secondary N) is 1. The van der Waals surface area contributed by atoms with Crippen molar-refractivity contribution < 1.29 is 4.79 Å². The minimum Gasteiger partial charge on any atom is -0.322 e. The van der Waals surface area contributed by atoms with Crippen LogP contribution >= 0.6 is 23.2 Å². The van der Waals surface area contributed by atoms with E-state index in [-0.39, 0.29) is 10.6 Å². The molecule has 8 heteroatoms. The third-order valence-corrected chi connectivity index (χ3v) is 3.61. The Morgan fingerprint density at radius 2 is 1.81 bits per heavy atom. The van der Waals surface area contributed by atoms with E-state index in [4.69, 9.17) is 23.2 Å². The minimum atomic E-state index is -0.671. The standard InChI is InChI=1S/C13H11Cl2N3O3/c1-17-6-8(12(20)18(2)13(17)21)11(19)16-7-3-4-9(14)10(15)5-7/h3-6H,1-2H3,(H,16,19). The van der Waals surface area contributed by atoms with Crippen LogP contribution < -0.4 is 16.6 Å². The Hall–Kier alpha value is -2.05. The van der Waals surface area contributed by atoms with Gasteiger partial charge in [0.25, 0.3) is 11.5 Å². The molecule has 0 saturated carbocycles. The number of rotatable bonds is 2. The first-order valence-corrected chi connectivity index (χ1v) is 6.60. The summed E-state index contributed by atoms with van der Waals surface area (Å²) in [7, 11) is 2.76. The number of nitrogens with zero attached hydrogens (tertiary/aromatic N) is 2. The zero-order valence-electron chi connectivity index (χ0n) is 11.2. The predicted octanol–water partition coefficient (Wildman–Crippen LogP) is 1.64. The van der Waals surface area contributed by atoms with E-state index in [2.05, 4.69) is 5.32 Å². The average Bonchev–Trinajstić information content (AvgIpc) is 2.44. The summed E-state index contributed by atoms with van der Waals surface area (Å²) in [5, 5.41) is 3.17. The molecule has 0 spiro atoms. The molecule has 0 aliphatic rings. The van der Waals surface area contributed by atoms with Crippen molar-refractivity contribution in [3.8, 4) is 0 Å². The third kappa shape index (κ3) is 3.01. The normalized spacial score (nSPS) is 10.5. The smallest absolute Gasteiger partial charge is 0.322 e. The van der Waals surface area contributed by atoms with Gasteiger partial charge in [0.05, 0.1) is 10.0 Å². The topological polar surface area (TPSA) is 73.1 Å². The fraction of sp³-hybridized carbons (Fsp3) is 0.154. The molecule has 1 aromatic carbocycles. The second kappa shape index (κ2) is 5.75. The summed E-state index contributed by atoms with van der Waals surface area (Å²) in [6, 6.07) is 4.55. The Morgan fingerprint density at radius 1 is 1.14 bits per heavy atom. The number of halogens is 2. The zero-order chi connectivity index (χ0) is 15.7. The molecule has 0 bridgehead atoms. The number of carbonyl (C=O) groups excluding carboxylic acids is 1. The molecule has 0 aliphatic carbocycles. The van der Waals surface area contributed by atoms with Gasteiger partial charge in [-0.3, -0.25) is 14.2 Å². The van der Waals surface area contributed by atoms with Crippen molar-refractivity contribution in [2.45, 2.75) is 0 Å². The minimum absolute atomic E-state index is 0.148. The zero-order valence-corrected chi connectivity index (χ0v) is 12.7. The van der Waals surface area contributed by atoms with E-state index in [1.807, 2.05) is 0 Å². The summed E-state index contributed by atoms with van der Waals surface area (Å²) in [5.41, 5.74) is -0.933. The molecule has 0 radical (unpaired) electrons. The Labute approximate surface area is 129 Å². The molecule has 1 heterocycles. The van der Waals surface area contributed by atoms with Crippen LogP contribution in [-0.2, 0) is 14.1 Å². The van der Waals surface area contributed by atoms with Crippen LogP contribution in [0, 0.1) is 0 Å². The van der Waals surface area contributed by atoms with Gasteiger partial charge < -0.3 is 9.88 Å². The fourth-order valence-corrected chi connectivity index (χ4v) is 2.03. The van der Waals surface area contributed by atoms with Crippen molar-refractivity contribution >= 4 is 34.8 Å². The number of anilines is 1. The molecule has 0 unspecified atom stereocenters. The second-order valence-corrected chi connectivity index (χ2v) is 5.20. The molecule has 6 nitrogen and oxygen atoms in total. The third-order valence-electron chi connectivity index (χ3n) is 2.87. The van der Waals surface area contributed by atoms with Gasteiger partial charge in [0.15, 0.2) is 0 Å². The number of carbonyl (C=O) groups is 1. The molecule has 0 atom stereocenters. The highest BCUT2D eigenvalue weighted by Crippen LogP contribution is 2.25. The molecular formula is C13H11Cl2N3O3. The van der Waals surface area contributed by atoms with Crippen LogP contribution in [0.4, 0.5) is 5.69 Å². The monoisotopic (exact) mass is 327 g/mol. The number of amides is 1. The van der Waals surface area contributed by atoms with Crippen LogP contribution in [0.2, 0.25) is 10.0 Å². The maximum atomic E-state index is 12.1. The quantitative estimate of drug-likeness (QED) is 0.911. The summed E-state index contributed by atoms with van der Waals surface area (Å²) in [4.78, 5) is 35.6. The van der Waals surface area contributed by atoms with Crippen molar-refractivity contribution in [3.63, 3.8) is 0 Å². The van der Waals surface area contributed by atoms with Crippen molar-refractivity contribution in [1.29, 1.82) is 0 Å². The highest BCUT2D eigenvalue weighted by atomic mass is 35.5. The number of hydrogen-bond donors (Lipinski definition) is 1. The lowest BCUT2D eigenvalue weighted by Crippen LogP contribution is -2.40. The Bertz CT molecular complexity index is 840. The largest absolute Gasteiger partial charge is 0.330 e. The van der Waals surface area contributed by atoms with Crippen LogP contribution in [0.3, 0.4) is 0 Å². The fourth-order valence-electron chi connectivity index (χ4n) is 1.74. The number of benzene rings is 1. The Balaban J connectivity index is 2.39. The van der Waals surface area contributed by atoms with Gasteiger partial charge >= 0.3 is 5.69 Å². The highest BCUT2D eigenvalue weighted by molar-refractivity contribution is 6.42. The summed E-state index contributed by atoms with van der Waals surface area (Å²) < 4.78 is 2.02. The first-order chi connectivity index (χ1) is 9.81. The number of aromatic nitrogens is 2. The van der Waals surface area contributed by atoms with Gasteiger partial charge in [-0.25, -0.2) is 4.79 Å². The Morgan fingerprint density at radius 3 is 2.43 bits per heavy atom. The Kier molecular flexibility index (Phi) is 4.20. The van der Waals surface area contributed by atoms with Gasteiger partial charge in [-0.2, -0.15) is 0 Å². The van der Waals surface area contributed by atoms with Gasteiger partial charge in [0.2, 0.25) is 0 Å². The molecule has 0 saturated heterocycles. The van der Waals surface area contributed by atoms with Gasteiger partial charge in [-0.15, -0.1) is 0 Å². The molecule has 110 valence electrons. The lowest BCUT2D eigenvalue weighted by Gasteiger charge is -2.08. The lowest BCUT2D eigenvalue weighted by molar-refractivity contribution is 0.102. The van der Waals surface area contributed by atoms with Crippen LogP contribution in [0.5, 0.6) is 0 Å². The van der Waals surface area contributed by atoms with Gasteiger partial charge in [-0.1, -0.05) is 23.2 Å². The van der Waals surface area contributed by atoms with Crippen molar-refractivity contribution in [1.82, 2.24) is 9.13 Å². The van der Waals surface area contributed by atoms with E-state index in [0.29, 0.717) is 10.7 Å². The van der Waals surface area contributed by atoms with Crippen LogP contribution in [-0.4, -0.2) is 15.0 Å². The van der Waals surface area contributed by atoms with Crippen molar-refractivity contribution in [3.05, 3.63) is 60.8 Å². The number of aryl methyl sites for hydroxylation is 1. The van der Waals surface area contributed by atoms with E-state index >= 15 is 0 Å². The van der Waals surface area contributed by atoms with Crippen LogP contribution in [0.15, 0.2) is 34.0 Å². The number of hydrogen-bond acceptors (Lipinski definition) is 3. The van der Waals surface area contributed by atoms with E-state index in [0.717, 1.165) is 9.13 Å². The summed E-state index contributed by atoms with van der Waals surface area (Å²) >= 11 is 11.6. The molecule has 0 aliphatic heterocycles. The summed E-state index contributed by atoms with van der Waals surface area (Å²) in [6.45, 7) is 0.